The zero-order valence-electron chi connectivity index (χ0n) is 14.0. The number of fused-ring (bicyclic) bond motifs is 1. The number of hydrogen-bond donors (Lipinski definition) is 1. The van der Waals surface area contributed by atoms with Crippen molar-refractivity contribution < 1.29 is 14.3 Å². The number of rotatable bonds is 5. The third-order valence-electron chi connectivity index (χ3n) is 4.63. The van der Waals surface area contributed by atoms with E-state index in [2.05, 4.69) is 21.3 Å². The van der Waals surface area contributed by atoms with Gasteiger partial charge in [-0.2, -0.15) is 0 Å². The van der Waals surface area contributed by atoms with E-state index in [1.807, 2.05) is 36.5 Å². The van der Waals surface area contributed by atoms with Crippen molar-refractivity contribution in [1.82, 2.24) is 9.88 Å². The molecule has 1 fully saturated rings. The summed E-state index contributed by atoms with van der Waals surface area (Å²) in [6.07, 6.45) is 4.19. The second-order valence-electron chi connectivity index (χ2n) is 6.29. The minimum absolute atomic E-state index is 0.0516. The molecule has 6 nitrogen and oxygen atoms in total. The molecular formula is C19H21N3O3. The summed E-state index contributed by atoms with van der Waals surface area (Å²) in [5.74, 6) is 1.28. The minimum atomic E-state index is -0.129. The van der Waals surface area contributed by atoms with Gasteiger partial charge in [0.1, 0.15) is 18.1 Å². The van der Waals surface area contributed by atoms with Crippen LogP contribution in [0.4, 0.5) is 5.69 Å². The van der Waals surface area contributed by atoms with Crippen LogP contribution in [-0.2, 0) is 4.79 Å². The average molecular weight is 339 g/mol. The van der Waals surface area contributed by atoms with E-state index in [9.17, 15) is 4.79 Å². The van der Waals surface area contributed by atoms with E-state index >= 15 is 0 Å². The van der Waals surface area contributed by atoms with Gasteiger partial charge < -0.3 is 14.8 Å². The van der Waals surface area contributed by atoms with Gasteiger partial charge in [0, 0.05) is 18.8 Å². The Morgan fingerprint density at radius 2 is 2.28 bits per heavy atom. The first-order valence-corrected chi connectivity index (χ1v) is 8.64. The van der Waals surface area contributed by atoms with E-state index in [-0.39, 0.29) is 12.5 Å². The summed E-state index contributed by atoms with van der Waals surface area (Å²) >= 11 is 0. The number of carbonyl (C=O) groups excluding carboxylic acids is 1. The smallest absolute Gasteiger partial charge is 0.262 e. The van der Waals surface area contributed by atoms with Gasteiger partial charge in [-0.25, -0.2) is 0 Å². The Hall–Kier alpha value is -2.60. The Kier molecular flexibility index (Phi) is 4.52. The number of carbonyl (C=O) groups is 1. The third-order valence-corrected chi connectivity index (χ3v) is 4.63. The first-order valence-electron chi connectivity index (χ1n) is 8.64. The predicted octanol–water partition coefficient (Wildman–Crippen LogP) is 2.63. The molecule has 0 spiro atoms. The van der Waals surface area contributed by atoms with Crippen LogP contribution < -0.4 is 14.8 Å². The number of aromatic nitrogens is 1. The van der Waals surface area contributed by atoms with Crippen molar-refractivity contribution in [2.24, 2.45) is 0 Å². The number of likely N-dealkylation sites (tertiary alicyclic amines) is 1. The van der Waals surface area contributed by atoms with Crippen LogP contribution in [0.25, 0.3) is 0 Å². The maximum Gasteiger partial charge on any atom is 0.262 e. The molecule has 6 heteroatoms. The molecule has 25 heavy (non-hydrogen) atoms. The highest BCUT2D eigenvalue weighted by molar-refractivity contribution is 5.95. The average Bonchev–Trinajstić information content (AvgIpc) is 3.11. The maximum atomic E-state index is 11.3. The Labute approximate surface area is 146 Å². The SMILES string of the molecule is O=C1COc2cc(OCCN3CCCC3c3ccccn3)ccc2N1. The van der Waals surface area contributed by atoms with E-state index in [0.29, 0.717) is 24.1 Å². The zero-order chi connectivity index (χ0) is 17.1. The number of ether oxygens (including phenoxy) is 2. The molecule has 2 aliphatic heterocycles. The highest BCUT2D eigenvalue weighted by Crippen LogP contribution is 2.32. The number of anilines is 1. The van der Waals surface area contributed by atoms with Crippen molar-refractivity contribution >= 4 is 11.6 Å². The van der Waals surface area contributed by atoms with Gasteiger partial charge in [-0.05, 0) is 43.7 Å². The highest BCUT2D eigenvalue weighted by atomic mass is 16.5. The molecule has 1 saturated heterocycles. The molecule has 1 amide bonds. The Balaban J connectivity index is 1.34. The van der Waals surface area contributed by atoms with Crippen LogP contribution in [0, 0.1) is 0 Å². The van der Waals surface area contributed by atoms with Crippen molar-refractivity contribution in [2.45, 2.75) is 18.9 Å². The van der Waals surface area contributed by atoms with Gasteiger partial charge in [-0.15, -0.1) is 0 Å². The van der Waals surface area contributed by atoms with E-state index < -0.39 is 0 Å². The number of hydrogen-bond acceptors (Lipinski definition) is 5. The molecule has 4 rings (SSSR count). The largest absolute Gasteiger partial charge is 0.492 e. The Morgan fingerprint density at radius 1 is 1.32 bits per heavy atom. The molecule has 1 aromatic heterocycles. The van der Waals surface area contributed by atoms with Gasteiger partial charge in [0.25, 0.3) is 5.91 Å². The Morgan fingerprint density at radius 3 is 3.16 bits per heavy atom. The van der Waals surface area contributed by atoms with Crippen LogP contribution in [0.3, 0.4) is 0 Å². The van der Waals surface area contributed by atoms with E-state index in [1.54, 1.807) is 0 Å². The molecule has 0 aliphatic carbocycles. The molecule has 1 unspecified atom stereocenters. The normalized spacial score (nSPS) is 19.8. The summed E-state index contributed by atoms with van der Waals surface area (Å²) in [5.41, 5.74) is 1.83. The maximum absolute atomic E-state index is 11.3. The summed E-state index contributed by atoms with van der Waals surface area (Å²) in [7, 11) is 0. The van der Waals surface area contributed by atoms with Gasteiger partial charge in [-0.3, -0.25) is 14.7 Å². The van der Waals surface area contributed by atoms with Crippen LogP contribution in [0.5, 0.6) is 11.5 Å². The lowest BCUT2D eigenvalue weighted by Gasteiger charge is -2.24. The summed E-state index contributed by atoms with van der Waals surface area (Å²) in [6, 6.07) is 12.0. The van der Waals surface area contributed by atoms with Crippen molar-refractivity contribution in [3.05, 3.63) is 48.3 Å². The minimum Gasteiger partial charge on any atom is -0.492 e. The van der Waals surface area contributed by atoms with Crippen LogP contribution in [-0.4, -0.2) is 42.1 Å². The number of nitrogens with one attached hydrogen (secondary N) is 1. The second kappa shape index (κ2) is 7.11. The van der Waals surface area contributed by atoms with Crippen molar-refractivity contribution in [1.29, 1.82) is 0 Å². The zero-order valence-corrected chi connectivity index (χ0v) is 14.0. The lowest BCUT2D eigenvalue weighted by Crippen LogP contribution is -2.28. The fourth-order valence-corrected chi connectivity index (χ4v) is 3.43. The van der Waals surface area contributed by atoms with Crippen molar-refractivity contribution in [3.63, 3.8) is 0 Å². The summed E-state index contributed by atoms with van der Waals surface area (Å²) in [4.78, 5) is 18.2. The van der Waals surface area contributed by atoms with Gasteiger partial charge in [-0.1, -0.05) is 6.07 Å². The van der Waals surface area contributed by atoms with E-state index in [4.69, 9.17) is 9.47 Å². The van der Waals surface area contributed by atoms with Gasteiger partial charge in [0.05, 0.1) is 17.4 Å². The third kappa shape index (κ3) is 3.58. The molecule has 1 aromatic carbocycles. The quantitative estimate of drug-likeness (QED) is 0.907. The Bertz CT molecular complexity index is 751. The molecule has 2 aromatic rings. The lowest BCUT2D eigenvalue weighted by molar-refractivity contribution is -0.118. The van der Waals surface area contributed by atoms with E-state index in [0.717, 1.165) is 31.0 Å². The topological polar surface area (TPSA) is 63.7 Å². The molecule has 0 radical (unpaired) electrons. The van der Waals surface area contributed by atoms with Crippen LogP contribution in [0.15, 0.2) is 42.6 Å². The predicted molar refractivity (Wildman–Crippen MR) is 93.8 cm³/mol. The number of benzene rings is 1. The number of pyridine rings is 1. The standard InChI is InChI=1S/C19H21N3O3/c23-19-13-25-18-12-14(6-7-16(18)21-19)24-11-10-22-9-3-5-17(22)15-4-1-2-8-20-15/h1-2,4,6-8,12,17H,3,5,9-11,13H2,(H,21,23). The molecule has 0 saturated carbocycles. The monoisotopic (exact) mass is 339 g/mol. The van der Waals surface area contributed by atoms with Gasteiger partial charge >= 0.3 is 0 Å². The molecule has 2 aliphatic rings. The molecule has 1 atom stereocenters. The number of nitrogens with zero attached hydrogens (tertiary/aromatic N) is 2. The summed E-state index contributed by atoms with van der Waals surface area (Å²) in [6.45, 7) is 2.59. The van der Waals surface area contributed by atoms with Crippen LogP contribution in [0.1, 0.15) is 24.6 Å². The lowest BCUT2D eigenvalue weighted by atomic mass is 10.1. The van der Waals surface area contributed by atoms with Crippen LogP contribution in [0.2, 0.25) is 0 Å². The molecule has 1 N–H and O–H groups in total. The van der Waals surface area contributed by atoms with Crippen molar-refractivity contribution in [2.75, 3.05) is 31.6 Å². The number of amides is 1. The molecule has 0 bridgehead atoms. The van der Waals surface area contributed by atoms with E-state index in [1.165, 1.54) is 6.42 Å². The molecule has 3 heterocycles. The van der Waals surface area contributed by atoms with Gasteiger partial charge in [0.2, 0.25) is 0 Å². The highest BCUT2D eigenvalue weighted by Gasteiger charge is 2.26. The summed E-state index contributed by atoms with van der Waals surface area (Å²) in [5, 5.41) is 2.78. The second-order valence-corrected chi connectivity index (χ2v) is 6.29. The molecule has 130 valence electrons. The van der Waals surface area contributed by atoms with Gasteiger partial charge in [0.15, 0.2) is 6.61 Å². The molecular weight excluding hydrogens is 318 g/mol. The first-order chi connectivity index (χ1) is 12.3. The van der Waals surface area contributed by atoms with Crippen LogP contribution >= 0.6 is 0 Å². The summed E-state index contributed by atoms with van der Waals surface area (Å²) < 4.78 is 11.3. The fraction of sp³-hybridized carbons (Fsp3) is 0.368. The van der Waals surface area contributed by atoms with Crippen molar-refractivity contribution in [3.8, 4) is 11.5 Å². The first kappa shape index (κ1) is 15.9. The fourth-order valence-electron chi connectivity index (χ4n) is 3.43.